The number of esters is 1. The molecule has 1 aromatic rings. The van der Waals surface area contributed by atoms with Crippen molar-refractivity contribution < 1.29 is 24.1 Å². The summed E-state index contributed by atoms with van der Waals surface area (Å²) < 4.78 is 4.52. The van der Waals surface area contributed by atoms with Crippen molar-refractivity contribution in [3.05, 3.63) is 35.4 Å². The highest BCUT2D eigenvalue weighted by Crippen LogP contribution is 2.11. The summed E-state index contributed by atoms with van der Waals surface area (Å²) in [5.74, 6) is -1.34. The van der Waals surface area contributed by atoms with Crippen LogP contribution in [0, 0.1) is 0 Å². The summed E-state index contributed by atoms with van der Waals surface area (Å²) in [6.45, 7) is 0. The number of hydrogen-bond acceptors (Lipinski definition) is 5. The Bertz CT molecular complexity index is 372. The average Bonchev–Trinajstić information content (AvgIpc) is 2.28. The van der Waals surface area contributed by atoms with E-state index < -0.39 is 11.9 Å². The fourth-order valence-corrected chi connectivity index (χ4v) is 1.07. The first kappa shape index (κ1) is 11.2. The molecule has 0 aliphatic heterocycles. The molecular weight excluding hydrogens is 200 g/mol. The fraction of sp³-hybridized carbons (Fsp3) is 0.200. The van der Waals surface area contributed by atoms with Gasteiger partial charge in [0.1, 0.15) is 0 Å². The molecule has 5 heteroatoms. The van der Waals surface area contributed by atoms with Crippen LogP contribution in [0.25, 0.3) is 0 Å². The van der Waals surface area contributed by atoms with Crippen LogP contribution in [-0.4, -0.2) is 26.2 Å². The van der Waals surface area contributed by atoms with Gasteiger partial charge in [0.05, 0.1) is 25.3 Å². The number of carbonyl (C=O) groups excluding carboxylic acids is 2. The van der Waals surface area contributed by atoms with Gasteiger partial charge in [0.25, 0.3) is 0 Å². The van der Waals surface area contributed by atoms with E-state index in [1.165, 1.54) is 26.4 Å². The van der Waals surface area contributed by atoms with E-state index in [4.69, 9.17) is 0 Å². The third kappa shape index (κ3) is 2.54. The van der Waals surface area contributed by atoms with Crippen LogP contribution >= 0.6 is 0 Å². The molecule has 0 bridgehead atoms. The zero-order chi connectivity index (χ0) is 11.3. The second-order valence-corrected chi connectivity index (χ2v) is 2.57. The van der Waals surface area contributed by atoms with E-state index in [0.717, 1.165) is 0 Å². The molecule has 0 spiro atoms. The molecule has 0 saturated heterocycles. The van der Waals surface area contributed by atoms with Crippen LogP contribution in [0.1, 0.15) is 20.7 Å². The third-order valence-corrected chi connectivity index (χ3v) is 1.71. The Morgan fingerprint density at radius 3 is 2.00 bits per heavy atom. The molecular formula is C10H10O5. The lowest BCUT2D eigenvalue weighted by molar-refractivity contribution is -0.216. The standard InChI is InChI=1S/C10H10O5/c1-13-9(11)7-5-3-4-6-8(7)10(12)15-14-2/h3-6H,1-2H3. The van der Waals surface area contributed by atoms with Gasteiger partial charge in [-0.1, -0.05) is 12.1 Å². The second kappa shape index (κ2) is 5.11. The zero-order valence-electron chi connectivity index (χ0n) is 8.35. The zero-order valence-corrected chi connectivity index (χ0v) is 8.35. The largest absolute Gasteiger partial charge is 0.465 e. The molecule has 0 aliphatic rings. The Balaban J connectivity index is 3.06. The predicted octanol–water partition coefficient (Wildman–Crippen LogP) is 1.19. The van der Waals surface area contributed by atoms with Crippen LogP contribution in [0.15, 0.2) is 24.3 Å². The number of ether oxygens (including phenoxy) is 1. The molecule has 0 radical (unpaired) electrons. The number of benzene rings is 1. The van der Waals surface area contributed by atoms with Crippen molar-refractivity contribution in [3.8, 4) is 0 Å². The molecule has 0 heterocycles. The number of rotatable bonds is 3. The summed E-state index contributed by atoms with van der Waals surface area (Å²) in [4.78, 5) is 31.1. The number of carbonyl (C=O) groups is 2. The first-order chi connectivity index (χ1) is 7.20. The normalized spacial score (nSPS) is 9.47. The second-order valence-electron chi connectivity index (χ2n) is 2.57. The van der Waals surface area contributed by atoms with Crippen LogP contribution in [0.2, 0.25) is 0 Å². The molecule has 0 aromatic heterocycles. The molecule has 5 nitrogen and oxygen atoms in total. The molecule has 0 fully saturated rings. The van der Waals surface area contributed by atoms with Crippen LogP contribution in [0.5, 0.6) is 0 Å². The summed E-state index contributed by atoms with van der Waals surface area (Å²) in [5, 5.41) is 0. The Morgan fingerprint density at radius 2 is 1.53 bits per heavy atom. The average molecular weight is 210 g/mol. The van der Waals surface area contributed by atoms with Gasteiger partial charge in [-0.2, -0.15) is 4.89 Å². The van der Waals surface area contributed by atoms with Gasteiger partial charge >= 0.3 is 11.9 Å². The van der Waals surface area contributed by atoms with Gasteiger partial charge in [0.2, 0.25) is 0 Å². The SMILES string of the molecule is COOC(=O)c1ccccc1C(=O)OC. The van der Waals surface area contributed by atoms with Gasteiger partial charge in [0, 0.05) is 0 Å². The Labute approximate surface area is 86.5 Å². The highest BCUT2D eigenvalue weighted by molar-refractivity contribution is 6.02. The molecule has 0 unspecified atom stereocenters. The van der Waals surface area contributed by atoms with Gasteiger partial charge in [0.15, 0.2) is 0 Å². The maximum Gasteiger partial charge on any atom is 0.373 e. The van der Waals surface area contributed by atoms with Crippen LogP contribution in [0.3, 0.4) is 0 Å². The summed E-state index contributed by atoms with van der Waals surface area (Å²) in [6, 6.07) is 6.15. The van der Waals surface area contributed by atoms with Crippen molar-refractivity contribution in [1.29, 1.82) is 0 Å². The molecule has 1 rings (SSSR count). The van der Waals surface area contributed by atoms with Gasteiger partial charge in [-0.05, 0) is 12.1 Å². The van der Waals surface area contributed by atoms with Crippen molar-refractivity contribution >= 4 is 11.9 Å². The maximum atomic E-state index is 11.3. The Morgan fingerprint density at radius 1 is 1.00 bits per heavy atom. The van der Waals surface area contributed by atoms with E-state index in [1.807, 2.05) is 0 Å². The number of hydrogen-bond donors (Lipinski definition) is 0. The smallest absolute Gasteiger partial charge is 0.373 e. The maximum absolute atomic E-state index is 11.3. The van der Waals surface area contributed by atoms with Gasteiger partial charge in [-0.25, -0.2) is 9.59 Å². The lowest BCUT2D eigenvalue weighted by atomic mass is 10.1. The Hall–Kier alpha value is -1.88. The van der Waals surface area contributed by atoms with Crippen molar-refractivity contribution in [1.82, 2.24) is 0 Å². The monoisotopic (exact) mass is 210 g/mol. The van der Waals surface area contributed by atoms with Gasteiger partial charge in [-0.15, -0.1) is 0 Å². The minimum atomic E-state index is -0.738. The summed E-state index contributed by atoms with van der Waals surface area (Å²) in [5.41, 5.74) is 0.244. The van der Waals surface area contributed by atoms with Crippen LogP contribution < -0.4 is 0 Å². The molecule has 80 valence electrons. The van der Waals surface area contributed by atoms with E-state index in [0.29, 0.717) is 0 Å². The predicted molar refractivity (Wildman–Crippen MR) is 50.2 cm³/mol. The fourth-order valence-electron chi connectivity index (χ4n) is 1.07. The van der Waals surface area contributed by atoms with Crippen molar-refractivity contribution in [3.63, 3.8) is 0 Å². The Kier molecular flexibility index (Phi) is 3.82. The first-order valence-corrected chi connectivity index (χ1v) is 4.13. The van der Waals surface area contributed by atoms with E-state index in [-0.39, 0.29) is 11.1 Å². The molecule has 0 amide bonds. The van der Waals surface area contributed by atoms with E-state index in [2.05, 4.69) is 14.5 Å². The molecule has 0 N–H and O–H groups in total. The van der Waals surface area contributed by atoms with Crippen molar-refractivity contribution in [2.45, 2.75) is 0 Å². The minimum absolute atomic E-state index is 0.103. The van der Waals surface area contributed by atoms with Crippen molar-refractivity contribution in [2.75, 3.05) is 14.2 Å². The molecule has 0 saturated carbocycles. The van der Waals surface area contributed by atoms with Gasteiger partial charge < -0.3 is 4.74 Å². The third-order valence-electron chi connectivity index (χ3n) is 1.71. The lowest BCUT2D eigenvalue weighted by Crippen LogP contribution is -2.12. The van der Waals surface area contributed by atoms with E-state index in [9.17, 15) is 9.59 Å². The van der Waals surface area contributed by atoms with Crippen molar-refractivity contribution in [2.24, 2.45) is 0 Å². The lowest BCUT2D eigenvalue weighted by Gasteiger charge is -2.05. The van der Waals surface area contributed by atoms with Gasteiger partial charge in [-0.3, -0.25) is 4.89 Å². The molecule has 0 aliphatic carbocycles. The van der Waals surface area contributed by atoms with Crippen LogP contribution in [0.4, 0.5) is 0 Å². The van der Waals surface area contributed by atoms with E-state index >= 15 is 0 Å². The molecule has 1 aromatic carbocycles. The molecule has 15 heavy (non-hydrogen) atoms. The highest BCUT2D eigenvalue weighted by Gasteiger charge is 2.18. The first-order valence-electron chi connectivity index (χ1n) is 4.13. The quantitative estimate of drug-likeness (QED) is 0.426. The minimum Gasteiger partial charge on any atom is -0.465 e. The summed E-state index contributed by atoms with van der Waals surface area (Å²) >= 11 is 0. The molecule has 0 atom stereocenters. The topological polar surface area (TPSA) is 61.8 Å². The van der Waals surface area contributed by atoms with Crippen LogP contribution in [-0.2, 0) is 14.5 Å². The van der Waals surface area contributed by atoms with E-state index in [1.54, 1.807) is 12.1 Å². The highest BCUT2D eigenvalue weighted by atomic mass is 17.2. The number of methoxy groups -OCH3 is 1. The summed E-state index contributed by atoms with van der Waals surface area (Å²) in [7, 11) is 2.44. The summed E-state index contributed by atoms with van der Waals surface area (Å²) in [6.07, 6.45) is 0.